The molecule has 0 fully saturated rings. The molecule has 1 amide bonds. The van der Waals surface area contributed by atoms with Gasteiger partial charge in [-0.05, 0) is 36.6 Å². The fourth-order valence-corrected chi connectivity index (χ4v) is 3.48. The van der Waals surface area contributed by atoms with Gasteiger partial charge in [-0.2, -0.15) is 0 Å². The smallest absolute Gasteiger partial charge is 0.322 e. The average molecular weight is 396 g/mol. The lowest BCUT2D eigenvalue weighted by molar-refractivity contribution is -0.135. The molecular formula is C18H16N6O3S. The molecule has 0 radical (unpaired) electrons. The Bertz CT molecular complexity index is 1100. The van der Waals surface area contributed by atoms with Crippen molar-refractivity contribution in [3.63, 3.8) is 0 Å². The quantitative estimate of drug-likeness (QED) is 0.584. The Labute approximate surface area is 163 Å². The number of amides is 1. The van der Waals surface area contributed by atoms with Crippen LogP contribution in [0, 0.1) is 0 Å². The summed E-state index contributed by atoms with van der Waals surface area (Å²) in [6.07, 6.45) is 9.08. The Kier molecular flexibility index (Phi) is 4.85. The number of fused-ring (bicyclic) bond motifs is 1. The van der Waals surface area contributed by atoms with Crippen molar-refractivity contribution >= 4 is 39.6 Å². The molecule has 3 aromatic rings. The van der Waals surface area contributed by atoms with E-state index in [2.05, 4.69) is 25.8 Å². The minimum atomic E-state index is -1.11. The summed E-state index contributed by atoms with van der Waals surface area (Å²) in [6, 6.07) is 3.31. The van der Waals surface area contributed by atoms with Gasteiger partial charge in [-0.15, -0.1) is 21.5 Å². The van der Waals surface area contributed by atoms with Gasteiger partial charge >= 0.3 is 5.97 Å². The molecule has 0 saturated carbocycles. The normalized spacial score (nSPS) is 13.7. The second-order valence-corrected chi connectivity index (χ2v) is 6.96. The molecule has 0 spiro atoms. The van der Waals surface area contributed by atoms with E-state index < -0.39 is 18.4 Å². The second kappa shape index (κ2) is 7.61. The van der Waals surface area contributed by atoms with Crippen LogP contribution in [0.1, 0.15) is 29.0 Å². The third kappa shape index (κ3) is 3.62. The van der Waals surface area contributed by atoms with E-state index >= 15 is 0 Å². The first-order chi connectivity index (χ1) is 13.6. The van der Waals surface area contributed by atoms with Gasteiger partial charge in [0.2, 0.25) is 0 Å². The molecule has 28 heavy (non-hydrogen) atoms. The van der Waals surface area contributed by atoms with E-state index in [4.69, 9.17) is 5.11 Å². The summed E-state index contributed by atoms with van der Waals surface area (Å²) in [5.41, 5.74) is 2.74. The zero-order valence-corrected chi connectivity index (χ0v) is 15.4. The highest BCUT2D eigenvalue weighted by Gasteiger charge is 2.18. The number of nitrogens with one attached hydrogen (secondary N) is 2. The van der Waals surface area contributed by atoms with Crippen molar-refractivity contribution in [1.82, 2.24) is 24.9 Å². The third-order valence-electron chi connectivity index (χ3n) is 4.22. The molecular weight excluding hydrogens is 380 g/mol. The molecule has 0 aliphatic heterocycles. The van der Waals surface area contributed by atoms with Gasteiger partial charge in [-0.25, -0.2) is 4.98 Å². The van der Waals surface area contributed by atoms with Crippen LogP contribution in [0.5, 0.6) is 0 Å². The van der Waals surface area contributed by atoms with Crippen LogP contribution in [-0.2, 0) is 4.79 Å². The fraction of sp³-hybridized carbons (Fsp3) is 0.167. The van der Waals surface area contributed by atoms with Gasteiger partial charge in [0, 0.05) is 23.5 Å². The minimum Gasteiger partial charge on any atom is -0.480 e. The number of allylic oxidation sites excluding steroid dienone is 4. The van der Waals surface area contributed by atoms with Gasteiger partial charge in [0.1, 0.15) is 6.54 Å². The van der Waals surface area contributed by atoms with E-state index in [1.807, 2.05) is 17.5 Å². The number of thiazole rings is 1. The Morgan fingerprint density at radius 2 is 2.14 bits per heavy atom. The highest BCUT2D eigenvalue weighted by molar-refractivity contribution is 7.13. The molecule has 1 aliphatic carbocycles. The standard InChI is InChI=1S/C18H16N6O3S/c25-14(26)10-20-17(27)13-2-1-8-24-15(22-23-16(13)24)11-3-5-12(6-4-11)21-18-19-7-9-28-18/h1-3,5,7-9H,4,6,10H2,(H,19,21)(H,20,27)(H,25,26). The van der Waals surface area contributed by atoms with Crippen molar-refractivity contribution in [3.8, 4) is 0 Å². The van der Waals surface area contributed by atoms with Gasteiger partial charge in [-0.3, -0.25) is 14.0 Å². The van der Waals surface area contributed by atoms with Crippen LogP contribution in [0.25, 0.3) is 11.2 Å². The zero-order chi connectivity index (χ0) is 19.5. The second-order valence-electron chi connectivity index (χ2n) is 6.06. The number of carbonyl (C=O) groups excluding carboxylic acids is 1. The lowest BCUT2D eigenvalue weighted by Gasteiger charge is -2.14. The van der Waals surface area contributed by atoms with Crippen molar-refractivity contribution in [2.75, 3.05) is 11.9 Å². The predicted octanol–water partition coefficient (Wildman–Crippen LogP) is 2.17. The molecule has 142 valence electrons. The molecule has 0 atom stereocenters. The first-order valence-electron chi connectivity index (χ1n) is 8.52. The number of pyridine rings is 1. The van der Waals surface area contributed by atoms with Crippen LogP contribution in [-0.4, -0.2) is 43.1 Å². The molecule has 0 unspecified atom stereocenters. The Hall–Kier alpha value is -3.53. The molecule has 4 rings (SSSR count). The average Bonchev–Trinajstić information content (AvgIpc) is 3.36. The maximum absolute atomic E-state index is 12.3. The first kappa shape index (κ1) is 17.9. The lowest BCUT2D eigenvalue weighted by atomic mass is 10.0. The van der Waals surface area contributed by atoms with Gasteiger partial charge in [0.25, 0.3) is 5.91 Å². The van der Waals surface area contributed by atoms with E-state index in [9.17, 15) is 9.59 Å². The molecule has 10 heteroatoms. The molecule has 9 nitrogen and oxygen atoms in total. The summed E-state index contributed by atoms with van der Waals surface area (Å²) in [5.74, 6) is -0.949. The lowest BCUT2D eigenvalue weighted by Crippen LogP contribution is -2.29. The number of hydrogen-bond acceptors (Lipinski definition) is 7. The topological polar surface area (TPSA) is 122 Å². The van der Waals surface area contributed by atoms with Gasteiger partial charge in [-0.1, -0.05) is 6.08 Å². The molecule has 0 saturated heterocycles. The van der Waals surface area contributed by atoms with E-state index in [0.29, 0.717) is 11.5 Å². The summed E-state index contributed by atoms with van der Waals surface area (Å²) >= 11 is 1.54. The van der Waals surface area contributed by atoms with Gasteiger partial charge in [0.15, 0.2) is 16.6 Å². The Balaban J connectivity index is 1.59. The summed E-state index contributed by atoms with van der Waals surface area (Å²) in [5, 5.41) is 25.5. The number of hydrogen-bond donors (Lipinski definition) is 3. The SMILES string of the molecule is O=C(O)CNC(=O)c1cccn2c(C3=CC=C(Nc4nccs4)CC3)nnc12. The highest BCUT2D eigenvalue weighted by Crippen LogP contribution is 2.27. The number of nitrogens with zero attached hydrogens (tertiary/aromatic N) is 4. The van der Waals surface area contributed by atoms with Gasteiger partial charge in [0.05, 0.1) is 5.56 Å². The van der Waals surface area contributed by atoms with E-state index in [1.54, 1.807) is 40.3 Å². The van der Waals surface area contributed by atoms with Crippen molar-refractivity contribution in [2.45, 2.75) is 12.8 Å². The van der Waals surface area contributed by atoms with Gasteiger partial charge < -0.3 is 15.7 Å². The monoisotopic (exact) mass is 396 g/mol. The first-order valence-corrected chi connectivity index (χ1v) is 9.40. The largest absolute Gasteiger partial charge is 0.480 e. The van der Waals surface area contributed by atoms with Crippen LogP contribution in [0.2, 0.25) is 0 Å². The summed E-state index contributed by atoms with van der Waals surface area (Å²) in [7, 11) is 0. The number of carboxylic acid groups (broad SMARTS) is 1. The summed E-state index contributed by atoms with van der Waals surface area (Å²) in [4.78, 5) is 27.1. The molecule has 0 aromatic carbocycles. The van der Waals surface area contributed by atoms with Crippen LogP contribution in [0.4, 0.5) is 5.13 Å². The predicted molar refractivity (Wildman–Crippen MR) is 104 cm³/mol. The van der Waals surface area contributed by atoms with Crippen LogP contribution in [0.15, 0.2) is 47.8 Å². The number of aliphatic carboxylic acids is 1. The van der Waals surface area contributed by atoms with E-state index in [1.165, 1.54) is 0 Å². The number of anilines is 1. The molecule has 3 N–H and O–H groups in total. The van der Waals surface area contributed by atoms with Crippen molar-refractivity contribution in [2.24, 2.45) is 0 Å². The number of carbonyl (C=O) groups is 2. The molecule has 0 bridgehead atoms. The summed E-state index contributed by atoms with van der Waals surface area (Å²) < 4.78 is 1.74. The molecule has 3 heterocycles. The highest BCUT2D eigenvalue weighted by atomic mass is 32.1. The van der Waals surface area contributed by atoms with Crippen LogP contribution >= 0.6 is 11.3 Å². The Morgan fingerprint density at radius 1 is 1.25 bits per heavy atom. The van der Waals surface area contributed by atoms with E-state index in [-0.39, 0.29) is 5.56 Å². The number of rotatable bonds is 6. The molecule has 3 aromatic heterocycles. The van der Waals surface area contributed by atoms with Crippen molar-refractivity contribution in [1.29, 1.82) is 0 Å². The number of aromatic nitrogens is 4. The minimum absolute atomic E-state index is 0.278. The Morgan fingerprint density at radius 3 is 2.86 bits per heavy atom. The molecule has 1 aliphatic rings. The van der Waals surface area contributed by atoms with Crippen molar-refractivity contribution in [3.05, 3.63) is 59.1 Å². The fourth-order valence-electron chi connectivity index (χ4n) is 2.91. The third-order valence-corrected chi connectivity index (χ3v) is 4.90. The number of carboxylic acids is 1. The van der Waals surface area contributed by atoms with E-state index in [0.717, 1.165) is 29.2 Å². The van der Waals surface area contributed by atoms with Crippen molar-refractivity contribution < 1.29 is 14.7 Å². The zero-order valence-electron chi connectivity index (χ0n) is 14.6. The maximum Gasteiger partial charge on any atom is 0.322 e. The van der Waals surface area contributed by atoms with Crippen LogP contribution < -0.4 is 10.6 Å². The summed E-state index contributed by atoms with van der Waals surface area (Å²) in [6.45, 7) is -0.453. The van der Waals surface area contributed by atoms with Crippen LogP contribution in [0.3, 0.4) is 0 Å². The maximum atomic E-state index is 12.3.